The van der Waals surface area contributed by atoms with Crippen LogP contribution in [0.3, 0.4) is 0 Å². The summed E-state index contributed by atoms with van der Waals surface area (Å²) in [6.45, 7) is 5.89. The van der Waals surface area contributed by atoms with Gasteiger partial charge in [0.1, 0.15) is 5.82 Å². The van der Waals surface area contributed by atoms with E-state index in [-0.39, 0.29) is 5.41 Å². The summed E-state index contributed by atoms with van der Waals surface area (Å²) in [4.78, 5) is 11.7. The second-order valence-electron chi connectivity index (χ2n) is 9.34. The average molecular weight is 508 g/mol. The highest BCUT2D eigenvalue weighted by molar-refractivity contribution is 7.80. The first-order valence-electron chi connectivity index (χ1n) is 12.1. The van der Waals surface area contributed by atoms with Crippen molar-refractivity contribution in [3.8, 4) is 0 Å². The molecule has 2 aliphatic heterocycles. The zero-order valence-electron chi connectivity index (χ0n) is 19.9. The fraction of sp³-hybridized carbons (Fsp3) is 0.370. The van der Waals surface area contributed by atoms with Crippen molar-refractivity contribution < 1.29 is 4.74 Å². The van der Waals surface area contributed by atoms with Crippen LogP contribution < -0.4 is 15.5 Å². The molecule has 1 saturated heterocycles. The van der Waals surface area contributed by atoms with Crippen molar-refractivity contribution in [1.82, 2.24) is 15.3 Å². The van der Waals surface area contributed by atoms with Crippen molar-refractivity contribution in [2.45, 2.75) is 38.1 Å². The van der Waals surface area contributed by atoms with E-state index in [1.807, 2.05) is 25.1 Å². The van der Waals surface area contributed by atoms with Gasteiger partial charge in [-0.25, -0.2) is 4.98 Å². The van der Waals surface area contributed by atoms with E-state index in [4.69, 9.17) is 33.5 Å². The van der Waals surface area contributed by atoms with Crippen molar-refractivity contribution in [1.29, 1.82) is 0 Å². The van der Waals surface area contributed by atoms with E-state index in [1.54, 1.807) is 0 Å². The van der Waals surface area contributed by atoms with Gasteiger partial charge in [0.2, 0.25) is 5.95 Å². The summed E-state index contributed by atoms with van der Waals surface area (Å²) in [5.41, 5.74) is 4.79. The predicted octanol–water partition coefficient (Wildman–Crippen LogP) is 5.04. The van der Waals surface area contributed by atoms with E-state index < -0.39 is 0 Å². The molecule has 0 saturated carbocycles. The maximum atomic E-state index is 6.31. The first-order valence-corrected chi connectivity index (χ1v) is 12.9. The number of rotatable bonds is 5. The number of benzene rings is 2. The molecule has 0 bridgehead atoms. The number of anilines is 2. The Hall–Kier alpha value is -2.74. The van der Waals surface area contributed by atoms with E-state index in [1.165, 1.54) is 16.7 Å². The third-order valence-corrected chi connectivity index (χ3v) is 7.48. The van der Waals surface area contributed by atoms with Gasteiger partial charge in [-0.2, -0.15) is 4.98 Å². The lowest BCUT2D eigenvalue weighted by Crippen LogP contribution is -2.45. The zero-order valence-corrected chi connectivity index (χ0v) is 21.5. The molecular weight excluding hydrogens is 478 g/mol. The Balaban J connectivity index is 1.27. The summed E-state index contributed by atoms with van der Waals surface area (Å²) in [6.07, 6.45) is 2.83. The van der Waals surface area contributed by atoms with E-state index in [0.717, 1.165) is 62.1 Å². The van der Waals surface area contributed by atoms with Crippen LogP contribution in [-0.4, -0.2) is 41.4 Å². The number of nitrogens with one attached hydrogen (secondary N) is 2. The first kappa shape index (κ1) is 24.0. The summed E-state index contributed by atoms with van der Waals surface area (Å²) in [5.74, 6) is 1.43. The van der Waals surface area contributed by atoms with Gasteiger partial charge in [-0.15, -0.1) is 0 Å². The molecule has 1 aromatic heterocycles. The topological polar surface area (TPSA) is 62.3 Å². The lowest BCUT2D eigenvalue weighted by Gasteiger charge is -2.38. The number of aromatic nitrogens is 2. The molecule has 1 fully saturated rings. The molecular formula is C27H30ClN5OS. The molecule has 6 nitrogen and oxygen atoms in total. The molecule has 0 radical (unpaired) electrons. The molecule has 5 rings (SSSR count). The van der Waals surface area contributed by atoms with Crippen LogP contribution in [0.15, 0.2) is 54.6 Å². The first-order chi connectivity index (χ1) is 17.0. The van der Waals surface area contributed by atoms with Crippen LogP contribution in [0, 0.1) is 6.92 Å². The zero-order chi connectivity index (χ0) is 24.3. The average Bonchev–Trinajstić information content (AvgIpc) is 2.87. The summed E-state index contributed by atoms with van der Waals surface area (Å²) in [6, 6.07) is 18.8. The predicted molar refractivity (Wildman–Crippen MR) is 145 cm³/mol. The van der Waals surface area contributed by atoms with Gasteiger partial charge in [0.25, 0.3) is 0 Å². The molecule has 8 heteroatoms. The molecule has 3 aromatic rings. The van der Waals surface area contributed by atoms with Gasteiger partial charge in [0.05, 0.1) is 0 Å². The number of fused-ring (bicyclic) bond motifs is 1. The van der Waals surface area contributed by atoms with Crippen LogP contribution in [0.5, 0.6) is 0 Å². The Kier molecular flexibility index (Phi) is 7.18. The lowest BCUT2D eigenvalue weighted by atomic mass is 9.74. The molecule has 0 unspecified atom stereocenters. The molecule has 3 heterocycles. The van der Waals surface area contributed by atoms with Crippen LogP contribution >= 0.6 is 23.8 Å². The highest BCUT2D eigenvalue weighted by atomic mass is 35.5. The largest absolute Gasteiger partial charge is 0.381 e. The summed E-state index contributed by atoms with van der Waals surface area (Å²) in [7, 11) is 0. The maximum Gasteiger partial charge on any atom is 0.231 e. The molecule has 35 heavy (non-hydrogen) atoms. The Morgan fingerprint density at radius 3 is 2.69 bits per heavy atom. The van der Waals surface area contributed by atoms with E-state index in [2.05, 4.69) is 56.9 Å². The fourth-order valence-corrected chi connectivity index (χ4v) is 5.36. The molecule has 0 atom stereocenters. The van der Waals surface area contributed by atoms with Gasteiger partial charge in [0, 0.05) is 55.0 Å². The summed E-state index contributed by atoms with van der Waals surface area (Å²) >= 11 is 12.0. The quantitative estimate of drug-likeness (QED) is 0.469. The summed E-state index contributed by atoms with van der Waals surface area (Å²) in [5, 5.41) is 7.89. The van der Waals surface area contributed by atoms with Gasteiger partial charge >= 0.3 is 0 Å². The van der Waals surface area contributed by atoms with Crippen LogP contribution in [0.1, 0.15) is 35.2 Å². The standard InChI is InChI=1S/C27H30ClN5OS/c1-19-15-24(33-12-9-20-5-2-3-6-21(20)17-33)31-25(30-19)32-26(35)29-18-27(10-13-34-14-11-27)22-7-4-8-23(28)16-22/h2-8,15-16H,9-14,17-18H2,1H3,(H2,29,30,31,32,35). The highest BCUT2D eigenvalue weighted by Gasteiger charge is 2.34. The summed E-state index contributed by atoms with van der Waals surface area (Å²) < 4.78 is 5.65. The van der Waals surface area contributed by atoms with Crippen LogP contribution in [0.25, 0.3) is 0 Å². The fourth-order valence-electron chi connectivity index (χ4n) is 5.00. The number of thiocarbonyl (C=S) groups is 1. The molecule has 0 aliphatic carbocycles. The van der Waals surface area contributed by atoms with Crippen molar-refractivity contribution in [2.24, 2.45) is 0 Å². The van der Waals surface area contributed by atoms with Crippen molar-refractivity contribution in [3.63, 3.8) is 0 Å². The second kappa shape index (κ2) is 10.5. The number of aryl methyl sites for hydroxylation is 1. The van der Waals surface area contributed by atoms with Crippen LogP contribution in [-0.2, 0) is 23.1 Å². The minimum absolute atomic E-state index is 0.0886. The molecule has 182 valence electrons. The number of halogens is 1. The minimum Gasteiger partial charge on any atom is -0.381 e. The molecule has 2 aromatic carbocycles. The SMILES string of the molecule is Cc1cc(N2CCc3ccccc3C2)nc(NC(=S)NCC2(c3cccc(Cl)c3)CCOCC2)n1. The number of ether oxygens (including phenoxy) is 1. The molecule has 2 aliphatic rings. The van der Waals surface area contributed by atoms with E-state index in [0.29, 0.717) is 17.6 Å². The molecule has 2 N–H and O–H groups in total. The number of hydrogen-bond donors (Lipinski definition) is 2. The van der Waals surface area contributed by atoms with Gasteiger partial charge in [0.15, 0.2) is 5.11 Å². The van der Waals surface area contributed by atoms with Crippen LogP contribution in [0.2, 0.25) is 5.02 Å². The third kappa shape index (κ3) is 5.58. The van der Waals surface area contributed by atoms with Crippen molar-refractivity contribution in [3.05, 3.63) is 82.0 Å². The van der Waals surface area contributed by atoms with Crippen molar-refractivity contribution >= 4 is 40.7 Å². The third-order valence-electron chi connectivity index (χ3n) is 6.99. The lowest BCUT2D eigenvalue weighted by molar-refractivity contribution is 0.0515. The number of nitrogens with zero attached hydrogens (tertiary/aromatic N) is 3. The second-order valence-corrected chi connectivity index (χ2v) is 10.2. The van der Waals surface area contributed by atoms with Crippen LogP contribution in [0.4, 0.5) is 11.8 Å². The van der Waals surface area contributed by atoms with Gasteiger partial charge in [-0.05, 0) is 67.2 Å². The van der Waals surface area contributed by atoms with E-state index in [9.17, 15) is 0 Å². The van der Waals surface area contributed by atoms with Gasteiger partial charge in [-0.1, -0.05) is 48.0 Å². The smallest absolute Gasteiger partial charge is 0.231 e. The normalized spacial score (nSPS) is 16.9. The molecule has 0 spiro atoms. The number of hydrogen-bond acceptors (Lipinski definition) is 5. The minimum atomic E-state index is -0.0886. The Morgan fingerprint density at radius 1 is 1.09 bits per heavy atom. The Morgan fingerprint density at radius 2 is 1.89 bits per heavy atom. The van der Waals surface area contributed by atoms with Crippen molar-refractivity contribution in [2.75, 3.05) is 36.5 Å². The Labute approximate surface area is 217 Å². The highest BCUT2D eigenvalue weighted by Crippen LogP contribution is 2.35. The van der Waals surface area contributed by atoms with E-state index >= 15 is 0 Å². The maximum absolute atomic E-state index is 6.31. The van der Waals surface area contributed by atoms with Gasteiger partial charge < -0.3 is 20.3 Å². The molecule has 0 amide bonds. The van der Waals surface area contributed by atoms with Gasteiger partial charge in [-0.3, -0.25) is 0 Å². The Bertz CT molecular complexity index is 1210. The monoisotopic (exact) mass is 507 g/mol.